The van der Waals surface area contributed by atoms with Crippen molar-refractivity contribution in [3.63, 3.8) is 0 Å². The molecule has 0 bridgehead atoms. The van der Waals surface area contributed by atoms with Crippen molar-refractivity contribution in [3.8, 4) is 0 Å². The normalized spacial score (nSPS) is 11.7. The molecule has 0 atom stereocenters. The van der Waals surface area contributed by atoms with E-state index in [0.29, 0.717) is 21.3 Å². The lowest BCUT2D eigenvalue weighted by Crippen LogP contribution is -2.28. The molecule has 2 heterocycles. The fourth-order valence-electron chi connectivity index (χ4n) is 3.34. The molecule has 0 amide bonds. The van der Waals surface area contributed by atoms with E-state index in [2.05, 4.69) is 9.97 Å². The summed E-state index contributed by atoms with van der Waals surface area (Å²) in [4.78, 5) is 19.6. The van der Waals surface area contributed by atoms with Crippen LogP contribution in [0, 0.1) is 11.6 Å². The summed E-state index contributed by atoms with van der Waals surface area (Å²) in [6, 6.07) is 7.06. The highest BCUT2D eigenvalue weighted by atomic mass is 35.5. The Balaban J connectivity index is 1.71. The Hall–Kier alpha value is -2.78. The Labute approximate surface area is 182 Å². The average molecular weight is 473 g/mol. The van der Waals surface area contributed by atoms with Gasteiger partial charge in [-0.25, -0.2) is 27.3 Å². The molecule has 0 saturated heterocycles. The zero-order valence-corrected chi connectivity index (χ0v) is 17.2. The van der Waals surface area contributed by atoms with E-state index >= 15 is 0 Å². The van der Waals surface area contributed by atoms with Crippen LogP contribution in [0.25, 0.3) is 11.0 Å². The maximum Gasteiger partial charge on any atom is 0.328 e. The lowest BCUT2D eigenvalue weighted by Gasteiger charge is -2.08. The minimum atomic E-state index is -2.75. The molecule has 0 spiro atoms. The Morgan fingerprint density at radius 3 is 2.61 bits per heavy atom. The minimum absolute atomic E-state index is 0.116. The van der Waals surface area contributed by atoms with Gasteiger partial charge in [0.15, 0.2) is 11.6 Å². The molecule has 0 aliphatic carbocycles. The van der Waals surface area contributed by atoms with Crippen molar-refractivity contribution in [1.82, 2.24) is 19.1 Å². The molecule has 1 N–H and O–H groups in total. The number of aromatic nitrogens is 4. The van der Waals surface area contributed by atoms with Gasteiger partial charge in [-0.2, -0.15) is 0 Å². The topological polar surface area (TPSA) is 55.6 Å². The Morgan fingerprint density at radius 2 is 1.90 bits per heavy atom. The molecule has 2 aromatic carbocycles. The molecule has 4 aromatic rings. The lowest BCUT2D eigenvalue weighted by atomic mass is 10.1. The average Bonchev–Trinajstić information content (AvgIpc) is 3.24. The van der Waals surface area contributed by atoms with E-state index in [4.69, 9.17) is 23.2 Å². The molecule has 162 valence electrons. The van der Waals surface area contributed by atoms with E-state index in [1.165, 1.54) is 22.9 Å². The summed E-state index contributed by atoms with van der Waals surface area (Å²) in [5, 5.41) is 0.760. The van der Waals surface area contributed by atoms with Crippen molar-refractivity contribution in [2.45, 2.75) is 25.9 Å². The number of fused-ring (bicyclic) bond motifs is 1. The van der Waals surface area contributed by atoms with Crippen molar-refractivity contribution in [2.24, 2.45) is 0 Å². The number of nitrogens with one attached hydrogen (secondary N) is 1. The van der Waals surface area contributed by atoms with Gasteiger partial charge in [0.2, 0.25) is 0 Å². The summed E-state index contributed by atoms with van der Waals surface area (Å²) in [7, 11) is 0. The molecular weight excluding hydrogens is 459 g/mol. The van der Waals surface area contributed by atoms with E-state index in [9.17, 15) is 22.4 Å². The number of H-pyrrole nitrogens is 1. The maximum atomic E-state index is 13.9. The third-order valence-corrected chi connectivity index (χ3v) is 5.34. The van der Waals surface area contributed by atoms with Gasteiger partial charge in [0.05, 0.1) is 18.6 Å². The van der Waals surface area contributed by atoms with Gasteiger partial charge in [-0.05, 0) is 29.8 Å². The molecule has 0 saturated carbocycles. The van der Waals surface area contributed by atoms with Gasteiger partial charge in [-0.15, -0.1) is 0 Å². The smallest absolute Gasteiger partial charge is 0.328 e. The van der Waals surface area contributed by atoms with Crippen LogP contribution in [0.5, 0.6) is 0 Å². The summed E-state index contributed by atoms with van der Waals surface area (Å²) in [5.41, 5.74) is 0.272. The first-order chi connectivity index (χ1) is 14.7. The third-order valence-electron chi connectivity index (χ3n) is 4.75. The Morgan fingerprint density at radius 1 is 1.13 bits per heavy atom. The molecule has 0 unspecified atom stereocenters. The first-order valence-corrected chi connectivity index (χ1v) is 9.82. The van der Waals surface area contributed by atoms with Crippen LogP contribution in [0.4, 0.5) is 17.6 Å². The Kier molecular flexibility index (Phi) is 5.81. The van der Waals surface area contributed by atoms with Gasteiger partial charge >= 0.3 is 5.69 Å². The number of imidazole rings is 2. The highest BCUT2D eigenvalue weighted by Crippen LogP contribution is 2.24. The van der Waals surface area contributed by atoms with Gasteiger partial charge in [0.1, 0.15) is 11.3 Å². The largest absolute Gasteiger partial charge is 0.340 e. The molecule has 11 heteroatoms. The molecule has 0 fully saturated rings. The second-order valence-electron chi connectivity index (χ2n) is 6.89. The minimum Gasteiger partial charge on any atom is -0.340 e. The van der Waals surface area contributed by atoms with E-state index in [-0.39, 0.29) is 29.8 Å². The van der Waals surface area contributed by atoms with Gasteiger partial charge in [0, 0.05) is 28.4 Å². The molecule has 0 radical (unpaired) electrons. The van der Waals surface area contributed by atoms with E-state index in [1.54, 1.807) is 12.1 Å². The van der Waals surface area contributed by atoms with Crippen LogP contribution in [0.3, 0.4) is 0 Å². The fourth-order valence-corrected chi connectivity index (χ4v) is 3.81. The fraction of sp³-hybridized carbons (Fsp3) is 0.200. The molecule has 0 aliphatic heterocycles. The van der Waals surface area contributed by atoms with Gasteiger partial charge in [-0.1, -0.05) is 29.3 Å². The first kappa shape index (κ1) is 21.5. The predicted octanol–water partition coefficient (Wildman–Crippen LogP) is 5.02. The van der Waals surface area contributed by atoms with Crippen molar-refractivity contribution in [1.29, 1.82) is 0 Å². The highest BCUT2D eigenvalue weighted by molar-refractivity contribution is 6.35. The third kappa shape index (κ3) is 4.33. The van der Waals surface area contributed by atoms with Crippen molar-refractivity contribution in [3.05, 3.63) is 85.8 Å². The molecule has 5 nitrogen and oxygen atoms in total. The predicted molar refractivity (Wildman–Crippen MR) is 109 cm³/mol. The summed E-state index contributed by atoms with van der Waals surface area (Å²) < 4.78 is 55.7. The van der Waals surface area contributed by atoms with Crippen molar-refractivity contribution >= 4 is 34.2 Å². The van der Waals surface area contributed by atoms with Crippen LogP contribution >= 0.6 is 23.2 Å². The zero-order valence-electron chi connectivity index (χ0n) is 15.7. The monoisotopic (exact) mass is 472 g/mol. The number of hydrogen-bond donors (Lipinski definition) is 1. The zero-order chi connectivity index (χ0) is 22.3. The standard InChI is InChI=1S/C20H14Cl2F4N4O/c21-11-2-1-10(13(22)6-11)5-12-7-29(20(31)30(12)8-16(24)25)9-17-27-15-4-3-14(23)18(26)19(15)28-17/h1-4,6-7,16H,5,8-9H2,(H,27,28). The van der Waals surface area contributed by atoms with Crippen LogP contribution in [-0.4, -0.2) is 25.5 Å². The Bertz CT molecular complexity index is 1330. The second-order valence-corrected chi connectivity index (χ2v) is 7.73. The van der Waals surface area contributed by atoms with Crippen LogP contribution < -0.4 is 5.69 Å². The SMILES string of the molecule is O=c1n(Cc2nc3c(F)c(F)ccc3[nH]2)cc(Cc2ccc(Cl)cc2Cl)n1CC(F)F. The van der Waals surface area contributed by atoms with Crippen LogP contribution in [0.15, 0.2) is 41.3 Å². The summed E-state index contributed by atoms with van der Waals surface area (Å²) in [6.45, 7) is -0.946. The number of hydrogen-bond acceptors (Lipinski definition) is 2. The number of benzene rings is 2. The summed E-state index contributed by atoms with van der Waals surface area (Å²) >= 11 is 12.1. The number of alkyl halides is 2. The quantitative estimate of drug-likeness (QED) is 0.400. The van der Waals surface area contributed by atoms with Crippen LogP contribution in [0.1, 0.15) is 17.1 Å². The van der Waals surface area contributed by atoms with Gasteiger partial charge < -0.3 is 4.98 Å². The van der Waals surface area contributed by atoms with Crippen LogP contribution in [0.2, 0.25) is 10.0 Å². The van der Waals surface area contributed by atoms with Crippen molar-refractivity contribution < 1.29 is 17.6 Å². The summed E-state index contributed by atoms with van der Waals surface area (Å²) in [6.07, 6.45) is -1.22. The number of halogens is 6. The van der Waals surface area contributed by atoms with Gasteiger partial charge in [0.25, 0.3) is 6.43 Å². The van der Waals surface area contributed by atoms with Crippen molar-refractivity contribution in [2.75, 3.05) is 0 Å². The molecular formula is C20H14Cl2F4N4O. The molecule has 4 rings (SSSR count). The lowest BCUT2D eigenvalue weighted by molar-refractivity contribution is 0.124. The van der Waals surface area contributed by atoms with E-state index in [1.807, 2.05) is 0 Å². The maximum absolute atomic E-state index is 13.9. The number of aromatic amines is 1. The first-order valence-electron chi connectivity index (χ1n) is 9.06. The second kappa shape index (κ2) is 8.39. The van der Waals surface area contributed by atoms with E-state index in [0.717, 1.165) is 10.6 Å². The molecule has 2 aromatic heterocycles. The highest BCUT2D eigenvalue weighted by Gasteiger charge is 2.18. The number of nitrogens with zero attached hydrogens (tertiary/aromatic N) is 3. The number of rotatable bonds is 6. The van der Waals surface area contributed by atoms with E-state index < -0.39 is 30.3 Å². The molecule has 31 heavy (non-hydrogen) atoms. The van der Waals surface area contributed by atoms with Crippen LogP contribution in [-0.2, 0) is 19.5 Å². The molecule has 0 aliphatic rings. The summed E-state index contributed by atoms with van der Waals surface area (Å²) in [5.74, 6) is -1.99. The van der Waals surface area contributed by atoms with Gasteiger partial charge in [-0.3, -0.25) is 9.13 Å².